The Morgan fingerprint density at radius 2 is 2.00 bits per heavy atom. The molecule has 1 fully saturated rings. The van der Waals surface area contributed by atoms with Crippen molar-refractivity contribution in [3.05, 3.63) is 50.9 Å². The van der Waals surface area contributed by atoms with E-state index in [1.165, 1.54) is 29.1 Å². The van der Waals surface area contributed by atoms with Gasteiger partial charge in [-0.1, -0.05) is 30.7 Å². The van der Waals surface area contributed by atoms with Crippen molar-refractivity contribution >= 4 is 22.9 Å². The van der Waals surface area contributed by atoms with Crippen LogP contribution in [-0.2, 0) is 19.5 Å². The number of aromatic nitrogens is 1. The normalized spacial score (nSPS) is 14.9. The van der Waals surface area contributed by atoms with Gasteiger partial charge in [0.15, 0.2) is 0 Å². The number of hydrogen-bond acceptors (Lipinski definition) is 3. The van der Waals surface area contributed by atoms with E-state index in [0.717, 1.165) is 30.6 Å². The molecule has 1 aliphatic rings. The summed E-state index contributed by atoms with van der Waals surface area (Å²) >= 11 is 7.73. The SMILES string of the molecule is CCc1nc(CN(Cc2ccc(Cl)cc2)C2CC2)cs1. The zero-order valence-corrected chi connectivity index (χ0v) is 13.3. The Morgan fingerprint density at radius 1 is 1.25 bits per heavy atom. The lowest BCUT2D eigenvalue weighted by atomic mass is 10.2. The minimum absolute atomic E-state index is 0.734. The molecule has 1 heterocycles. The van der Waals surface area contributed by atoms with Crippen LogP contribution >= 0.6 is 22.9 Å². The van der Waals surface area contributed by atoms with Gasteiger partial charge in [-0.15, -0.1) is 11.3 Å². The standard InChI is InChI=1S/C16H19ClN2S/c1-2-16-18-14(11-20-16)10-19(15-7-8-15)9-12-3-5-13(17)6-4-12/h3-6,11,15H,2,7-10H2,1H3. The van der Waals surface area contributed by atoms with E-state index in [2.05, 4.69) is 29.3 Å². The fourth-order valence-corrected chi connectivity index (χ4v) is 3.23. The highest BCUT2D eigenvalue weighted by molar-refractivity contribution is 7.09. The molecule has 4 heteroatoms. The minimum Gasteiger partial charge on any atom is -0.290 e. The van der Waals surface area contributed by atoms with E-state index in [9.17, 15) is 0 Å². The number of benzene rings is 1. The molecule has 1 aromatic carbocycles. The minimum atomic E-state index is 0.734. The molecule has 1 aliphatic carbocycles. The zero-order chi connectivity index (χ0) is 13.9. The topological polar surface area (TPSA) is 16.1 Å². The molecule has 0 atom stereocenters. The Labute approximate surface area is 129 Å². The lowest BCUT2D eigenvalue weighted by Crippen LogP contribution is -2.25. The van der Waals surface area contributed by atoms with Gasteiger partial charge in [-0.25, -0.2) is 4.98 Å². The van der Waals surface area contributed by atoms with E-state index in [4.69, 9.17) is 16.6 Å². The summed E-state index contributed by atoms with van der Waals surface area (Å²) in [7, 11) is 0. The van der Waals surface area contributed by atoms with Crippen LogP contribution in [0.3, 0.4) is 0 Å². The van der Waals surface area contributed by atoms with Gasteiger partial charge >= 0.3 is 0 Å². The maximum absolute atomic E-state index is 5.95. The van der Waals surface area contributed by atoms with Gasteiger partial charge in [-0.05, 0) is 37.0 Å². The first-order chi connectivity index (χ1) is 9.74. The Morgan fingerprint density at radius 3 is 2.60 bits per heavy atom. The molecule has 0 aliphatic heterocycles. The Balaban J connectivity index is 1.67. The number of thiazole rings is 1. The number of aryl methyl sites for hydroxylation is 1. The van der Waals surface area contributed by atoms with Crippen molar-refractivity contribution in [3.8, 4) is 0 Å². The molecule has 0 bridgehead atoms. The van der Waals surface area contributed by atoms with E-state index in [1.54, 1.807) is 11.3 Å². The van der Waals surface area contributed by atoms with Crippen molar-refractivity contribution in [1.82, 2.24) is 9.88 Å². The van der Waals surface area contributed by atoms with Crippen LogP contribution < -0.4 is 0 Å². The molecule has 2 aromatic rings. The summed E-state index contributed by atoms with van der Waals surface area (Å²) in [5.41, 5.74) is 2.54. The molecule has 0 saturated heterocycles. The fraction of sp³-hybridized carbons (Fsp3) is 0.438. The van der Waals surface area contributed by atoms with Crippen LogP contribution in [-0.4, -0.2) is 15.9 Å². The first-order valence-corrected chi connectivity index (χ1v) is 8.42. The van der Waals surface area contributed by atoms with Crippen LogP contribution in [0, 0.1) is 0 Å². The molecule has 0 spiro atoms. The van der Waals surface area contributed by atoms with Crippen molar-refractivity contribution in [3.63, 3.8) is 0 Å². The van der Waals surface area contributed by atoms with Gasteiger partial charge in [-0.2, -0.15) is 0 Å². The van der Waals surface area contributed by atoms with Crippen molar-refractivity contribution in [2.24, 2.45) is 0 Å². The average molecular weight is 307 g/mol. The lowest BCUT2D eigenvalue weighted by molar-refractivity contribution is 0.243. The van der Waals surface area contributed by atoms with Gasteiger partial charge in [0, 0.05) is 29.5 Å². The quantitative estimate of drug-likeness (QED) is 0.780. The molecule has 1 aromatic heterocycles. The molecule has 3 rings (SSSR count). The molecule has 0 radical (unpaired) electrons. The van der Waals surface area contributed by atoms with E-state index >= 15 is 0 Å². The second-order valence-corrected chi connectivity index (χ2v) is 6.73. The van der Waals surface area contributed by atoms with Crippen LogP contribution in [0.2, 0.25) is 5.02 Å². The molecule has 106 valence electrons. The van der Waals surface area contributed by atoms with E-state index < -0.39 is 0 Å². The van der Waals surface area contributed by atoms with Crippen molar-refractivity contribution in [2.45, 2.75) is 45.3 Å². The second kappa shape index (κ2) is 6.25. The first kappa shape index (κ1) is 14.1. The largest absolute Gasteiger partial charge is 0.290 e. The van der Waals surface area contributed by atoms with E-state index in [-0.39, 0.29) is 0 Å². The Kier molecular flexibility index (Phi) is 4.39. The third kappa shape index (κ3) is 3.60. The Hall–Kier alpha value is -0.900. The molecule has 20 heavy (non-hydrogen) atoms. The fourth-order valence-electron chi connectivity index (χ4n) is 2.37. The Bertz CT molecular complexity index is 560. The highest BCUT2D eigenvalue weighted by Crippen LogP contribution is 2.30. The summed E-state index contributed by atoms with van der Waals surface area (Å²) in [5, 5.41) is 4.25. The third-order valence-electron chi connectivity index (χ3n) is 3.63. The second-order valence-electron chi connectivity index (χ2n) is 5.35. The third-order valence-corrected chi connectivity index (χ3v) is 4.92. The van der Waals surface area contributed by atoms with Crippen molar-refractivity contribution < 1.29 is 0 Å². The maximum atomic E-state index is 5.95. The molecule has 0 N–H and O–H groups in total. The summed E-state index contributed by atoms with van der Waals surface area (Å²) in [6, 6.07) is 8.92. The average Bonchev–Trinajstić information content (AvgIpc) is 3.21. The van der Waals surface area contributed by atoms with Crippen LogP contribution in [0.1, 0.15) is 36.0 Å². The molecular weight excluding hydrogens is 288 g/mol. The summed E-state index contributed by atoms with van der Waals surface area (Å²) in [5.74, 6) is 0. The van der Waals surface area contributed by atoms with Crippen LogP contribution in [0.5, 0.6) is 0 Å². The van der Waals surface area contributed by atoms with Crippen molar-refractivity contribution in [1.29, 1.82) is 0 Å². The highest BCUT2D eigenvalue weighted by Gasteiger charge is 2.29. The first-order valence-electron chi connectivity index (χ1n) is 7.16. The predicted molar refractivity (Wildman–Crippen MR) is 85.2 cm³/mol. The lowest BCUT2D eigenvalue weighted by Gasteiger charge is -2.21. The summed E-state index contributed by atoms with van der Waals surface area (Å²) < 4.78 is 0. The van der Waals surface area contributed by atoms with Gasteiger partial charge < -0.3 is 0 Å². The van der Waals surface area contributed by atoms with Gasteiger partial charge in [0.1, 0.15) is 0 Å². The summed E-state index contributed by atoms with van der Waals surface area (Å²) in [4.78, 5) is 7.23. The predicted octanol–water partition coefficient (Wildman–Crippen LogP) is 4.52. The molecule has 1 saturated carbocycles. The van der Waals surface area contributed by atoms with Crippen molar-refractivity contribution in [2.75, 3.05) is 0 Å². The highest BCUT2D eigenvalue weighted by atomic mass is 35.5. The summed E-state index contributed by atoms with van der Waals surface area (Å²) in [6.45, 7) is 4.11. The molecular formula is C16H19ClN2S. The number of hydrogen-bond donors (Lipinski definition) is 0. The number of halogens is 1. The van der Waals surface area contributed by atoms with E-state index in [0.29, 0.717) is 0 Å². The van der Waals surface area contributed by atoms with E-state index in [1.807, 2.05) is 12.1 Å². The maximum Gasteiger partial charge on any atom is 0.0926 e. The smallest absolute Gasteiger partial charge is 0.0926 e. The van der Waals surface area contributed by atoms with Crippen LogP contribution in [0.15, 0.2) is 29.6 Å². The monoisotopic (exact) mass is 306 g/mol. The van der Waals surface area contributed by atoms with Crippen LogP contribution in [0.25, 0.3) is 0 Å². The zero-order valence-electron chi connectivity index (χ0n) is 11.7. The van der Waals surface area contributed by atoms with Crippen LogP contribution in [0.4, 0.5) is 0 Å². The molecule has 0 amide bonds. The van der Waals surface area contributed by atoms with Gasteiger partial charge in [0.05, 0.1) is 10.7 Å². The van der Waals surface area contributed by atoms with Gasteiger partial charge in [0.25, 0.3) is 0 Å². The molecule has 2 nitrogen and oxygen atoms in total. The number of rotatable bonds is 6. The number of nitrogens with zero attached hydrogens (tertiary/aromatic N) is 2. The van der Waals surface area contributed by atoms with Gasteiger partial charge in [-0.3, -0.25) is 4.90 Å². The van der Waals surface area contributed by atoms with Gasteiger partial charge in [0.2, 0.25) is 0 Å². The molecule has 0 unspecified atom stereocenters. The summed E-state index contributed by atoms with van der Waals surface area (Å²) in [6.07, 6.45) is 3.67.